The maximum atomic E-state index is 11.6. The molecule has 2 rings (SSSR count). The summed E-state index contributed by atoms with van der Waals surface area (Å²) in [5.74, 6) is 1.16. The Kier molecular flexibility index (Phi) is 4.02. The zero-order valence-electron chi connectivity index (χ0n) is 10.7. The summed E-state index contributed by atoms with van der Waals surface area (Å²) in [4.78, 5) is 15.7. The van der Waals surface area contributed by atoms with Gasteiger partial charge in [-0.2, -0.15) is 0 Å². The molecule has 0 saturated carbocycles. The van der Waals surface area contributed by atoms with Crippen LogP contribution in [0, 0.1) is 0 Å². The highest BCUT2D eigenvalue weighted by Gasteiger charge is 2.05. The molecule has 0 aliphatic heterocycles. The van der Waals surface area contributed by atoms with Gasteiger partial charge in [0.25, 0.3) is 5.91 Å². The molecule has 0 bridgehead atoms. The van der Waals surface area contributed by atoms with Gasteiger partial charge in [0.1, 0.15) is 11.6 Å². The summed E-state index contributed by atoms with van der Waals surface area (Å²) in [5.41, 5.74) is 6.22. The molecule has 1 amide bonds. The minimum atomic E-state index is -0.203. The van der Waals surface area contributed by atoms with E-state index in [4.69, 9.17) is 10.5 Å². The first-order valence-electron chi connectivity index (χ1n) is 5.86. The van der Waals surface area contributed by atoms with E-state index in [2.05, 4.69) is 10.3 Å². The number of aryl methyl sites for hydroxylation is 1. The minimum absolute atomic E-state index is 0.0477. The van der Waals surface area contributed by atoms with E-state index in [9.17, 15) is 4.79 Å². The van der Waals surface area contributed by atoms with Gasteiger partial charge in [-0.3, -0.25) is 4.79 Å². The number of amides is 1. The van der Waals surface area contributed by atoms with Gasteiger partial charge in [-0.05, 0) is 12.1 Å². The number of ether oxygens (including phenoxy) is 1. The number of nitrogen functional groups attached to an aromatic ring is 1. The molecular weight excluding hydrogens is 244 g/mol. The molecule has 6 heteroatoms. The maximum Gasteiger partial charge on any atom is 0.258 e. The summed E-state index contributed by atoms with van der Waals surface area (Å²) in [7, 11) is 1.87. The molecule has 0 fully saturated rings. The molecule has 1 heterocycles. The first-order chi connectivity index (χ1) is 9.15. The number of rotatable bonds is 5. The fourth-order valence-corrected chi connectivity index (χ4v) is 1.55. The van der Waals surface area contributed by atoms with Crippen LogP contribution in [0.25, 0.3) is 0 Å². The van der Waals surface area contributed by atoms with Gasteiger partial charge in [-0.15, -0.1) is 0 Å². The van der Waals surface area contributed by atoms with Crippen molar-refractivity contribution in [3.05, 3.63) is 42.5 Å². The Bertz CT molecular complexity index is 565. The molecule has 0 radical (unpaired) electrons. The summed E-state index contributed by atoms with van der Waals surface area (Å²) >= 11 is 0. The van der Waals surface area contributed by atoms with Crippen molar-refractivity contribution in [2.45, 2.75) is 6.54 Å². The minimum Gasteiger partial charge on any atom is -0.484 e. The normalized spacial score (nSPS) is 10.2. The molecule has 100 valence electrons. The molecule has 1 aromatic heterocycles. The zero-order valence-corrected chi connectivity index (χ0v) is 10.7. The third kappa shape index (κ3) is 3.74. The zero-order chi connectivity index (χ0) is 13.7. The predicted octanol–water partition coefficient (Wildman–Crippen LogP) is 0.697. The average Bonchev–Trinajstić information content (AvgIpc) is 2.80. The Balaban J connectivity index is 1.77. The predicted molar refractivity (Wildman–Crippen MR) is 71.4 cm³/mol. The van der Waals surface area contributed by atoms with Crippen LogP contribution in [-0.4, -0.2) is 22.1 Å². The first-order valence-corrected chi connectivity index (χ1v) is 5.86. The summed E-state index contributed by atoms with van der Waals surface area (Å²) in [5, 5.41) is 2.73. The van der Waals surface area contributed by atoms with Crippen LogP contribution in [0.3, 0.4) is 0 Å². The van der Waals surface area contributed by atoms with Crippen molar-refractivity contribution in [1.82, 2.24) is 14.9 Å². The van der Waals surface area contributed by atoms with Crippen molar-refractivity contribution in [2.75, 3.05) is 12.3 Å². The van der Waals surface area contributed by atoms with Crippen LogP contribution in [0.15, 0.2) is 36.7 Å². The number of aromatic nitrogens is 2. The Labute approximate surface area is 111 Å². The molecule has 6 nitrogen and oxygen atoms in total. The highest BCUT2D eigenvalue weighted by molar-refractivity contribution is 5.77. The highest BCUT2D eigenvalue weighted by Crippen LogP contribution is 2.13. The fourth-order valence-electron chi connectivity index (χ4n) is 1.55. The van der Waals surface area contributed by atoms with Crippen LogP contribution in [0.2, 0.25) is 0 Å². The van der Waals surface area contributed by atoms with E-state index in [1.165, 1.54) is 0 Å². The van der Waals surface area contributed by atoms with Gasteiger partial charge < -0.3 is 20.4 Å². The van der Waals surface area contributed by atoms with Gasteiger partial charge in [0.15, 0.2) is 6.61 Å². The van der Waals surface area contributed by atoms with Crippen LogP contribution < -0.4 is 15.8 Å². The molecular formula is C13H16N4O2. The second-order valence-corrected chi connectivity index (χ2v) is 4.09. The van der Waals surface area contributed by atoms with Gasteiger partial charge in [0.05, 0.1) is 6.54 Å². The summed E-state index contributed by atoms with van der Waals surface area (Å²) in [6.45, 7) is 0.330. The van der Waals surface area contributed by atoms with Crippen molar-refractivity contribution < 1.29 is 9.53 Å². The number of nitrogens with zero attached hydrogens (tertiary/aromatic N) is 2. The van der Waals surface area contributed by atoms with E-state index in [0.717, 1.165) is 5.82 Å². The number of hydrogen-bond donors (Lipinski definition) is 2. The molecule has 1 aromatic carbocycles. The monoisotopic (exact) mass is 260 g/mol. The molecule has 3 N–H and O–H groups in total. The number of benzene rings is 1. The lowest BCUT2D eigenvalue weighted by Gasteiger charge is -2.08. The summed E-state index contributed by atoms with van der Waals surface area (Å²) in [6.07, 6.45) is 3.51. The summed E-state index contributed by atoms with van der Waals surface area (Å²) in [6, 6.07) is 6.96. The largest absolute Gasteiger partial charge is 0.484 e. The van der Waals surface area contributed by atoms with Gasteiger partial charge >= 0.3 is 0 Å². The lowest BCUT2D eigenvalue weighted by Crippen LogP contribution is -2.29. The lowest BCUT2D eigenvalue weighted by molar-refractivity contribution is -0.123. The number of carbonyl (C=O) groups is 1. The van der Waals surface area contributed by atoms with Crippen LogP contribution >= 0.6 is 0 Å². The highest BCUT2D eigenvalue weighted by atomic mass is 16.5. The number of nitrogens with one attached hydrogen (secondary N) is 1. The van der Waals surface area contributed by atoms with Crippen LogP contribution in [0.4, 0.5) is 5.69 Å². The molecule has 0 unspecified atom stereocenters. The Hall–Kier alpha value is -2.50. The Morgan fingerprint density at radius 2 is 2.37 bits per heavy atom. The Morgan fingerprint density at radius 3 is 3.05 bits per heavy atom. The summed E-state index contributed by atoms with van der Waals surface area (Å²) < 4.78 is 7.18. The van der Waals surface area contributed by atoms with E-state index in [0.29, 0.717) is 18.0 Å². The van der Waals surface area contributed by atoms with Gasteiger partial charge in [-0.25, -0.2) is 4.98 Å². The van der Waals surface area contributed by atoms with Crippen molar-refractivity contribution in [1.29, 1.82) is 0 Å². The van der Waals surface area contributed by atoms with Crippen molar-refractivity contribution in [3.63, 3.8) is 0 Å². The van der Waals surface area contributed by atoms with Gasteiger partial charge in [0, 0.05) is 31.2 Å². The molecule has 19 heavy (non-hydrogen) atoms. The molecule has 0 atom stereocenters. The number of carbonyl (C=O) groups excluding carboxylic acids is 1. The van der Waals surface area contributed by atoms with Crippen LogP contribution in [0.1, 0.15) is 5.82 Å². The molecule has 0 aliphatic carbocycles. The van der Waals surface area contributed by atoms with Gasteiger partial charge in [0.2, 0.25) is 0 Å². The third-order valence-corrected chi connectivity index (χ3v) is 2.59. The standard InChI is InChI=1S/C13H16N4O2/c1-17-6-5-15-12(17)8-16-13(18)9-19-11-4-2-3-10(14)7-11/h2-7H,8-9,14H2,1H3,(H,16,18). The first kappa shape index (κ1) is 12.9. The van der Waals surface area contributed by atoms with Crippen molar-refractivity contribution >= 4 is 11.6 Å². The average molecular weight is 260 g/mol. The van der Waals surface area contributed by atoms with Gasteiger partial charge in [-0.1, -0.05) is 6.07 Å². The number of nitrogens with two attached hydrogens (primary N) is 1. The van der Waals surface area contributed by atoms with E-state index < -0.39 is 0 Å². The second-order valence-electron chi connectivity index (χ2n) is 4.09. The van der Waals surface area contributed by atoms with Crippen molar-refractivity contribution in [3.8, 4) is 5.75 Å². The molecule has 0 spiro atoms. The lowest BCUT2D eigenvalue weighted by atomic mass is 10.3. The maximum absolute atomic E-state index is 11.6. The molecule has 0 saturated heterocycles. The van der Waals surface area contributed by atoms with E-state index in [1.54, 1.807) is 30.5 Å². The van der Waals surface area contributed by atoms with Crippen LogP contribution in [-0.2, 0) is 18.4 Å². The SMILES string of the molecule is Cn1ccnc1CNC(=O)COc1cccc(N)c1. The fraction of sp³-hybridized carbons (Fsp3) is 0.231. The smallest absolute Gasteiger partial charge is 0.258 e. The van der Waals surface area contributed by atoms with E-state index >= 15 is 0 Å². The quantitative estimate of drug-likeness (QED) is 0.775. The van der Waals surface area contributed by atoms with Crippen LogP contribution in [0.5, 0.6) is 5.75 Å². The molecule has 0 aliphatic rings. The second kappa shape index (κ2) is 5.90. The van der Waals surface area contributed by atoms with Crippen molar-refractivity contribution in [2.24, 2.45) is 7.05 Å². The topological polar surface area (TPSA) is 82.2 Å². The number of anilines is 1. The molecule has 2 aromatic rings. The van der Waals surface area contributed by atoms with E-state index in [-0.39, 0.29) is 12.5 Å². The third-order valence-electron chi connectivity index (χ3n) is 2.59. The Morgan fingerprint density at radius 1 is 1.53 bits per heavy atom. The number of imidazole rings is 1. The number of hydrogen-bond acceptors (Lipinski definition) is 4. The van der Waals surface area contributed by atoms with E-state index in [1.807, 2.05) is 17.8 Å².